The van der Waals surface area contributed by atoms with E-state index in [9.17, 15) is 14.0 Å². The maximum atomic E-state index is 13.7. The summed E-state index contributed by atoms with van der Waals surface area (Å²) < 4.78 is 13.7. The molecular weight excluding hydrogens is 303 g/mol. The molecule has 3 aromatic rings. The second-order valence-corrected chi connectivity index (χ2v) is 6.08. The van der Waals surface area contributed by atoms with Gasteiger partial charge in [0.25, 0.3) is 0 Å². The van der Waals surface area contributed by atoms with Crippen molar-refractivity contribution < 1.29 is 14.0 Å². The van der Waals surface area contributed by atoms with Crippen molar-refractivity contribution in [2.45, 2.75) is 20.3 Å². The average Bonchev–Trinajstić information content (AvgIpc) is 2.54. The van der Waals surface area contributed by atoms with Crippen LogP contribution in [0.15, 0.2) is 54.6 Å². The van der Waals surface area contributed by atoms with Crippen LogP contribution in [0.3, 0.4) is 0 Å². The fourth-order valence-electron chi connectivity index (χ4n) is 2.83. The molecule has 0 spiro atoms. The number of Topliss-reactive ketones (excluding diaryl/α,β-unsaturated/α-hetero) is 1. The topological polar surface area (TPSA) is 34.1 Å². The van der Waals surface area contributed by atoms with Gasteiger partial charge in [-0.15, -0.1) is 0 Å². The van der Waals surface area contributed by atoms with E-state index in [1.54, 1.807) is 24.3 Å². The standard InChI is InChI=1S/C21H17FO2/c1-13-3-5-16(6-4-13)21(24)20-11-15(9-14(2)23)10-17-7-8-18(22)12-19(17)20/h3-8,10-12H,9H2,1-2H3. The number of carbonyl (C=O) groups excluding carboxylic acids is 2. The van der Waals surface area contributed by atoms with E-state index in [2.05, 4.69) is 0 Å². The molecule has 0 bridgehead atoms. The highest BCUT2D eigenvalue weighted by Crippen LogP contribution is 2.25. The van der Waals surface area contributed by atoms with Gasteiger partial charge in [-0.05, 0) is 48.4 Å². The minimum absolute atomic E-state index is 0.0187. The lowest BCUT2D eigenvalue weighted by molar-refractivity contribution is -0.116. The Morgan fingerprint density at radius 3 is 2.33 bits per heavy atom. The molecule has 0 aliphatic heterocycles. The molecule has 0 radical (unpaired) electrons. The van der Waals surface area contributed by atoms with Crippen LogP contribution in [0.1, 0.15) is 34.0 Å². The Labute approximate surface area is 139 Å². The summed E-state index contributed by atoms with van der Waals surface area (Å²) in [6.07, 6.45) is 0.251. The number of halogens is 1. The zero-order chi connectivity index (χ0) is 17.3. The molecular formula is C21H17FO2. The monoisotopic (exact) mass is 320 g/mol. The quantitative estimate of drug-likeness (QED) is 0.656. The minimum Gasteiger partial charge on any atom is -0.300 e. The first-order chi connectivity index (χ1) is 11.4. The van der Waals surface area contributed by atoms with Crippen LogP contribution in [-0.4, -0.2) is 11.6 Å². The first-order valence-corrected chi connectivity index (χ1v) is 7.77. The van der Waals surface area contributed by atoms with Gasteiger partial charge in [0.05, 0.1) is 0 Å². The van der Waals surface area contributed by atoms with Gasteiger partial charge in [-0.3, -0.25) is 9.59 Å². The summed E-state index contributed by atoms with van der Waals surface area (Å²) in [5.41, 5.74) is 2.79. The molecule has 0 amide bonds. The number of hydrogen-bond donors (Lipinski definition) is 0. The molecule has 3 aromatic carbocycles. The Balaban J connectivity index is 2.19. The van der Waals surface area contributed by atoms with Crippen molar-refractivity contribution in [1.29, 1.82) is 0 Å². The molecule has 3 heteroatoms. The number of hydrogen-bond acceptors (Lipinski definition) is 2. The van der Waals surface area contributed by atoms with E-state index in [4.69, 9.17) is 0 Å². The van der Waals surface area contributed by atoms with E-state index < -0.39 is 0 Å². The van der Waals surface area contributed by atoms with Gasteiger partial charge in [0.15, 0.2) is 5.78 Å². The SMILES string of the molecule is CC(=O)Cc1cc(C(=O)c2ccc(C)cc2)c2cc(F)ccc2c1. The predicted octanol–water partition coefficient (Wildman–Crippen LogP) is 4.65. The smallest absolute Gasteiger partial charge is 0.193 e. The highest BCUT2D eigenvalue weighted by Gasteiger charge is 2.15. The zero-order valence-electron chi connectivity index (χ0n) is 13.6. The van der Waals surface area contributed by atoms with Crippen molar-refractivity contribution in [2.75, 3.05) is 0 Å². The molecule has 0 saturated heterocycles. The van der Waals surface area contributed by atoms with Crippen LogP contribution >= 0.6 is 0 Å². The van der Waals surface area contributed by atoms with E-state index in [0.717, 1.165) is 16.5 Å². The molecule has 0 aliphatic rings. The number of ketones is 2. The van der Waals surface area contributed by atoms with Gasteiger partial charge < -0.3 is 0 Å². The highest BCUT2D eigenvalue weighted by atomic mass is 19.1. The van der Waals surface area contributed by atoms with Gasteiger partial charge in [-0.2, -0.15) is 0 Å². The van der Waals surface area contributed by atoms with Crippen molar-refractivity contribution in [3.63, 3.8) is 0 Å². The predicted molar refractivity (Wildman–Crippen MR) is 92.9 cm³/mol. The molecule has 120 valence electrons. The third-order valence-electron chi connectivity index (χ3n) is 3.99. The van der Waals surface area contributed by atoms with Crippen molar-refractivity contribution in [3.05, 3.63) is 82.7 Å². The molecule has 0 N–H and O–H groups in total. The van der Waals surface area contributed by atoms with E-state index in [1.807, 2.05) is 25.1 Å². The summed E-state index contributed by atoms with van der Waals surface area (Å²) in [4.78, 5) is 24.4. The zero-order valence-corrected chi connectivity index (χ0v) is 13.6. The van der Waals surface area contributed by atoms with E-state index in [0.29, 0.717) is 16.5 Å². The molecule has 0 saturated carbocycles. The normalized spacial score (nSPS) is 10.8. The Bertz CT molecular complexity index is 940. The molecule has 0 aliphatic carbocycles. The molecule has 0 heterocycles. The lowest BCUT2D eigenvalue weighted by atomic mass is 9.93. The van der Waals surface area contributed by atoms with Crippen molar-refractivity contribution in [2.24, 2.45) is 0 Å². The maximum Gasteiger partial charge on any atom is 0.193 e. The third kappa shape index (κ3) is 3.25. The number of rotatable bonds is 4. The number of fused-ring (bicyclic) bond motifs is 1. The second-order valence-electron chi connectivity index (χ2n) is 6.08. The molecule has 0 unspecified atom stereocenters. The van der Waals surface area contributed by atoms with Crippen LogP contribution < -0.4 is 0 Å². The Morgan fingerprint density at radius 2 is 1.67 bits per heavy atom. The number of benzene rings is 3. The Morgan fingerprint density at radius 1 is 0.958 bits per heavy atom. The van der Waals surface area contributed by atoms with Crippen molar-refractivity contribution in [1.82, 2.24) is 0 Å². The molecule has 2 nitrogen and oxygen atoms in total. The maximum absolute atomic E-state index is 13.7. The summed E-state index contributed by atoms with van der Waals surface area (Å²) in [5.74, 6) is -0.541. The lowest BCUT2D eigenvalue weighted by Gasteiger charge is -2.10. The first kappa shape index (κ1) is 16.1. The van der Waals surface area contributed by atoms with Gasteiger partial charge >= 0.3 is 0 Å². The van der Waals surface area contributed by atoms with Crippen molar-refractivity contribution in [3.8, 4) is 0 Å². The van der Waals surface area contributed by atoms with Crippen molar-refractivity contribution >= 4 is 22.3 Å². The number of aryl methyl sites for hydroxylation is 1. The van der Waals surface area contributed by atoms with Gasteiger partial charge in [-0.25, -0.2) is 4.39 Å². The first-order valence-electron chi connectivity index (χ1n) is 7.77. The van der Waals surface area contributed by atoms with E-state index in [-0.39, 0.29) is 23.8 Å². The largest absolute Gasteiger partial charge is 0.300 e. The molecule has 0 fully saturated rings. The fourth-order valence-corrected chi connectivity index (χ4v) is 2.83. The minimum atomic E-state index is -0.389. The second kappa shape index (κ2) is 6.36. The van der Waals surface area contributed by atoms with E-state index in [1.165, 1.54) is 19.1 Å². The molecule has 3 rings (SSSR count). The molecule has 0 atom stereocenters. The average molecular weight is 320 g/mol. The van der Waals surface area contributed by atoms with Crippen LogP contribution in [0, 0.1) is 12.7 Å². The molecule has 24 heavy (non-hydrogen) atoms. The van der Waals surface area contributed by atoms with Gasteiger partial charge in [-0.1, -0.05) is 42.0 Å². The summed E-state index contributed by atoms with van der Waals surface area (Å²) in [7, 11) is 0. The summed E-state index contributed by atoms with van der Waals surface area (Å²) in [6, 6.07) is 15.2. The summed E-state index contributed by atoms with van der Waals surface area (Å²) >= 11 is 0. The van der Waals surface area contributed by atoms with Gasteiger partial charge in [0.2, 0.25) is 0 Å². The van der Waals surface area contributed by atoms with Crippen LogP contribution in [0.4, 0.5) is 4.39 Å². The number of carbonyl (C=O) groups is 2. The fraction of sp³-hybridized carbons (Fsp3) is 0.143. The third-order valence-corrected chi connectivity index (χ3v) is 3.99. The van der Waals surface area contributed by atoms with Gasteiger partial charge in [0, 0.05) is 17.5 Å². The molecule has 0 aromatic heterocycles. The lowest BCUT2D eigenvalue weighted by Crippen LogP contribution is -2.05. The van der Waals surface area contributed by atoms with Crippen LogP contribution in [0.5, 0.6) is 0 Å². The van der Waals surface area contributed by atoms with E-state index >= 15 is 0 Å². The summed E-state index contributed by atoms with van der Waals surface area (Å²) in [6.45, 7) is 3.46. The Hall–Kier alpha value is -2.81. The van der Waals surface area contributed by atoms with Gasteiger partial charge in [0.1, 0.15) is 11.6 Å². The van der Waals surface area contributed by atoms with Crippen LogP contribution in [0.25, 0.3) is 10.8 Å². The summed E-state index contributed by atoms with van der Waals surface area (Å²) in [5, 5.41) is 1.32. The Kier molecular flexibility index (Phi) is 4.26. The van der Waals surface area contributed by atoms with Crippen LogP contribution in [0.2, 0.25) is 0 Å². The van der Waals surface area contributed by atoms with Crippen LogP contribution in [-0.2, 0) is 11.2 Å². The highest BCUT2D eigenvalue weighted by molar-refractivity contribution is 6.16.